The number of hydrogen-bond acceptors (Lipinski definition) is 7. The molecule has 2 aromatic rings. The van der Waals surface area contributed by atoms with E-state index in [9.17, 15) is 9.59 Å². The van der Waals surface area contributed by atoms with E-state index < -0.39 is 0 Å². The lowest BCUT2D eigenvalue weighted by atomic mass is 10.2. The van der Waals surface area contributed by atoms with Crippen LogP contribution < -0.4 is 19.9 Å². The van der Waals surface area contributed by atoms with Gasteiger partial charge in [-0.1, -0.05) is 30.4 Å². The van der Waals surface area contributed by atoms with Crippen LogP contribution in [0.2, 0.25) is 0 Å². The van der Waals surface area contributed by atoms with Gasteiger partial charge in [0.05, 0.1) is 6.61 Å². The molecule has 0 unspecified atom stereocenters. The third-order valence-corrected chi connectivity index (χ3v) is 6.36. The average Bonchev–Trinajstić information content (AvgIpc) is 3.51. The van der Waals surface area contributed by atoms with Gasteiger partial charge in [0, 0.05) is 26.1 Å². The zero-order chi connectivity index (χ0) is 20.9. The van der Waals surface area contributed by atoms with E-state index in [1.54, 1.807) is 4.90 Å². The number of hydrogen-bond donors (Lipinski definition) is 1. The molecule has 8 nitrogen and oxygen atoms in total. The Morgan fingerprint density at radius 3 is 2.73 bits per heavy atom. The van der Waals surface area contributed by atoms with Crippen molar-refractivity contribution in [3.8, 4) is 5.75 Å². The summed E-state index contributed by atoms with van der Waals surface area (Å²) in [5, 5.41) is 12.8. The molecule has 0 radical (unpaired) electrons. The van der Waals surface area contributed by atoms with E-state index >= 15 is 0 Å². The molecule has 1 aromatic carbocycles. The summed E-state index contributed by atoms with van der Waals surface area (Å²) in [6.45, 7) is 4.71. The highest BCUT2D eigenvalue weighted by atomic mass is 32.1. The summed E-state index contributed by atoms with van der Waals surface area (Å²) in [5.74, 6) is 0.935. The van der Waals surface area contributed by atoms with Crippen LogP contribution in [0.4, 0.5) is 10.3 Å². The second kappa shape index (κ2) is 9.42. The van der Waals surface area contributed by atoms with Gasteiger partial charge in [0.25, 0.3) is 0 Å². The highest BCUT2D eigenvalue weighted by Gasteiger charge is 2.34. The predicted molar refractivity (Wildman–Crippen MR) is 116 cm³/mol. The first-order chi connectivity index (χ1) is 14.7. The van der Waals surface area contributed by atoms with Crippen molar-refractivity contribution in [1.29, 1.82) is 0 Å². The molecular formula is C21H27N5O3S. The first-order valence-electron chi connectivity index (χ1n) is 10.6. The molecule has 0 spiro atoms. The Kier molecular flexibility index (Phi) is 6.47. The largest absolute Gasteiger partial charge is 0.494 e. The molecular weight excluding hydrogens is 402 g/mol. The van der Waals surface area contributed by atoms with Crippen LogP contribution in [0, 0.1) is 0 Å². The van der Waals surface area contributed by atoms with Gasteiger partial charge in [0.1, 0.15) is 11.8 Å². The Balaban J connectivity index is 1.34. The Bertz CT molecular complexity index is 885. The minimum absolute atomic E-state index is 0.00666. The van der Waals surface area contributed by atoms with Crippen molar-refractivity contribution < 1.29 is 14.3 Å². The van der Waals surface area contributed by atoms with E-state index in [1.807, 2.05) is 29.2 Å². The summed E-state index contributed by atoms with van der Waals surface area (Å²) in [5.41, 5.74) is 1.03. The maximum absolute atomic E-state index is 12.8. The molecule has 1 N–H and O–H groups in total. The quantitative estimate of drug-likeness (QED) is 0.694. The molecule has 2 amide bonds. The molecule has 2 aliphatic heterocycles. The van der Waals surface area contributed by atoms with Crippen molar-refractivity contribution in [2.45, 2.75) is 51.6 Å². The maximum Gasteiger partial charge on any atom is 0.243 e. The fourth-order valence-corrected chi connectivity index (χ4v) is 4.75. The molecule has 2 fully saturated rings. The lowest BCUT2D eigenvalue weighted by Gasteiger charge is -2.22. The second-order valence-electron chi connectivity index (χ2n) is 7.58. The van der Waals surface area contributed by atoms with E-state index in [0.717, 1.165) is 43.5 Å². The minimum atomic E-state index is -0.257. The van der Waals surface area contributed by atoms with Gasteiger partial charge in [0.15, 0.2) is 0 Å². The van der Waals surface area contributed by atoms with Crippen LogP contribution in [-0.2, 0) is 16.1 Å². The summed E-state index contributed by atoms with van der Waals surface area (Å²) in [6, 6.07) is 7.55. The molecule has 0 saturated carbocycles. The van der Waals surface area contributed by atoms with Crippen LogP contribution >= 0.6 is 11.3 Å². The normalized spacial score (nSPS) is 18.8. The molecule has 1 aromatic heterocycles. The first-order valence-corrected chi connectivity index (χ1v) is 11.4. The second-order valence-corrected chi connectivity index (χ2v) is 8.51. The molecule has 2 aliphatic rings. The van der Waals surface area contributed by atoms with Crippen molar-refractivity contribution in [3.05, 3.63) is 29.8 Å². The molecule has 2 saturated heterocycles. The average molecular weight is 430 g/mol. The van der Waals surface area contributed by atoms with Crippen LogP contribution in [0.5, 0.6) is 5.75 Å². The smallest absolute Gasteiger partial charge is 0.243 e. The molecule has 30 heavy (non-hydrogen) atoms. The van der Waals surface area contributed by atoms with Crippen molar-refractivity contribution in [1.82, 2.24) is 15.5 Å². The summed E-state index contributed by atoms with van der Waals surface area (Å²) < 4.78 is 5.60. The molecule has 3 heterocycles. The van der Waals surface area contributed by atoms with E-state index in [0.29, 0.717) is 36.4 Å². The molecule has 0 aliphatic carbocycles. The number of nitrogens with one attached hydrogen (secondary N) is 1. The fraction of sp³-hybridized carbons (Fsp3) is 0.524. The van der Waals surface area contributed by atoms with Crippen LogP contribution in [0.1, 0.15) is 44.6 Å². The number of benzene rings is 1. The summed E-state index contributed by atoms with van der Waals surface area (Å²) in [7, 11) is 0. The van der Waals surface area contributed by atoms with Gasteiger partial charge in [-0.05, 0) is 43.4 Å². The van der Waals surface area contributed by atoms with E-state index in [-0.39, 0.29) is 17.9 Å². The number of carbonyl (C=O) groups excluding carboxylic acids is 2. The summed E-state index contributed by atoms with van der Waals surface area (Å²) >= 11 is 1.39. The Hall–Kier alpha value is -2.68. The summed E-state index contributed by atoms with van der Waals surface area (Å²) in [4.78, 5) is 28.5. The summed E-state index contributed by atoms with van der Waals surface area (Å²) in [6.07, 6.45) is 4.11. The number of aromatic nitrogens is 2. The monoisotopic (exact) mass is 429 g/mol. The molecule has 160 valence electrons. The van der Waals surface area contributed by atoms with Crippen LogP contribution in [0.15, 0.2) is 24.3 Å². The van der Waals surface area contributed by atoms with Crippen LogP contribution in [0.3, 0.4) is 0 Å². The molecule has 4 rings (SSSR count). The van der Waals surface area contributed by atoms with Gasteiger partial charge < -0.3 is 15.0 Å². The standard InChI is InChI=1S/C21H27N5O3S/c1-2-13-29-16-9-7-15(8-10-16)14-22-19(28)17-5-3-11-25(17)20-23-24-21(30-20)26-12-4-6-18(26)27/h7-10,17H,2-6,11-14H2,1H3,(H,22,28)/t17-/m1/s1. The van der Waals surface area contributed by atoms with E-state index in [4.69, 9.17) is 4.74 Å². The van der Waals surface area contributed by atoms with Gasteiger partial charge >= 0.3 is 0 Å². The number of nitrogens with zero attached hydrogens (tertiary/aromatic N) is 4. The third kappa shape index (κ3) is 4.56. The van der Waals surface area contributed by atoms with E-state index in [1.165, 1.54) is 11.3 Å². The topological polar surface area (TPSA) is 87.7 Å². The SMILES string of the molecule is CCCOc1ccc(CNC(=O)[C@H]2CCCN2c2nnc(N3CCCC3=O)s2)cc1. The highest BCUT2D eigenvalue weighted by molar-refractivity contribution is 7.19. The lowest BCUT2D eigenvalue weighted by Crippen LogP contribution is -2.43. The third-order valence-electron chi connectivity index (χ3n) is 5.37. The molecule has 1 atom stereocenters. The van der Waals surface area contributed by atoms with Gasteiger partial charge in [-0.2, -0.15) is 0 Å². The fourth-order valence-electron chi connectivity index (χ4n) is 3.78. The number of carbonyl (C=O) groups is 2. The number of amides is 2. The van der Waals surface area contributed by atoms with Crippen molar-refractivity contribution >= 4 is 33.4 Å². The molecule has 9 heteroatoms. The minimum Gasteiger partial charge on any atom is -0.494 e. The zero-order valence-corrected chi connectivity index (χ0v) is 18.0. The zero-order valence-electron chi connectivity index (χ0n) is 17.2. The predicted octanol–water partition coefficient (Wildman–Crippen LogP) is 2.74. The van der Waals surface area contributed by atoms with Crippen LogP contribution in [-0.4, -0.2) is 47.7 Å². The number of rotatable bonds is 8. The number of ether oxygens (including phenoxy) is 1. The Morgan fingerprint density at radius 1 is 1.20 bits per heavy atom. The van der Waals surface area contributed by atoms with Crippen LogP contribution in [0.25, 0.3) is 0 Å². The van der Waals surface area contributed by atoms with Gasteiger partial charge in [-0.15, -0.1) is 10.2 Å². The first kappa shape index (κ1) is 20.6. The van der Waals surface area contributed by atoms with Gasteiger partial charge in [-0.3, -0.25) is 14.5 Å². The Morgan fingerprint density at radius 2 is 2.00 bits per heavy atom. The maximum atomic E-state index is 12.8. The Labute approximate surface area is 180 Å². The van der Waals surface area contributed by atoms with Crippen molar-refractivity contribution in [3.63, 3.8) is 0 Å². The van der Waals surface area contributed by atoms with E-state index in [2.05, 4.69) is 22.4 Å². The van der Waals surface area contributed by atoms with Gasteiger partial charge in [0.2, 0.25) is 22.1 Å². The number of anilines is 2. The van der Waals surface area contributed by atoms with Crippen molar-refractivity contribution in [2.24, 2.45) is 0 Å². The van der Waals surface area contributed by atoms with Crippen molar-refractivity contribution in [2.75, 3.05) is 29.5 Å². The lowest BCUT2D eigenvalue weighted by molar-refractivity contribution is -0.122. The highest BCUT2D eigenvalue weighted by Crippen LogP contribution is 2.33. The van der Waals surface area contributed by atoms with Gasteiger partial charge in [-0.25, -0.2) is 0 Å². The molecule has 0 bridgehead atoms.